The number of nitrogens with one attached hydrogen (secondary N) is 2. The number of para-hydroxylation sites is 1. The Kier molecular flexibility index (Phi) is 9.43. The minimum Gasteiger partial charge on any atom is -0.487 e. The molecule has 1 rings (SSSR count). The summed E-state index contributed by atoms with van der Waals surface area (Å²) in [6, 6.07) is 5.30. The van der Waals surface area contributed by atoms with Crippen LogP contribution in [0.4, 0.5) is 5.69 Å². The van der Waals surface area contributed by atoms with Gasteiger partial charge in [0.2, 0.25) is 5.91 Å². The molecule has 0 saturated carbocycles. The SMILES string of the molecule is CCOCCOc1c(Cl)cccc1NCC(=O)N[C@@H](C)COC. The number of anilines is 1. The predicted molar refractivity (Wildman–Crippen MR) is 91.4 cm³/mol. The van der Waals surface area contributed by atoms with Gasteiger partial charge in [-0.15, -0.1) is 0 Å². The summed E-state index contributed by atoms with van der Waals surface area (Å²) in [4.78, 5) is 11.9. The average Bonchev–Trinajstić information content (AvgIpc) is 2.51. The highest BCUT2D eigenvalue weighted by Crippen LogP contribution is 2.32. The van der Waals surface area contributed by atoms with Gasteiger partial charge in [0, 0.05) is 19.8 Å². The lowest BCUT2D eigenvalue weighted by molar-refractivity contribution is -0.120. The smallest absolute Gasteiger partial charge is 0.239 e. The summed E-state index contributed by atoms with van der Waals surface area (Å²) in [5.74, 6) is 0.390. The van der Waals surface area contributed by atoms with E-state index < -0.39 is 0 Å². The molecular weight excluding hydrogens is 320 g/mol. The van der Waals surface area contributed by atoms with Gasteiger partial charge in [-0.05, 0) is 26.0 Å². The van der Waals surface area contributed by atoms with Gasteiger partial charge in [-0.2, -0.15) is 0 Å². The highest BCUT2D eigenvalue weighted by Gasteiger charge is 2.11. The van der Waals surface area contributed by atoms with E-state index in [1.54, 1.807) is 19.2 Å². The van der Waals surface area contributed by atoms with Crippen molar-refractivity contribution in [2.75, 3.05) is 45.4 Å². The maximum atomic E-state index is 11.9. The van der Waals surface area contributed by atoms with E-state index >= 15 is 0 Å². The van der Waals surface area contributed by atoms with E-state index in [0.29, 0.717) is 42.9 Å². The van der Waals surface area contributed by atoms with Crippen LogP contribution in [0.5, 0.6) is 5.75 Å². The van der Waals surface area contributed by atoms with Crippen molar-refractivity contribution in [2.24, 2.45) is 0 Å². The van der Waals surface area contributed by atoms with E-state index in [-0.39, 0.29) is 18.5 Å². The third-order valence-electron chi connectivity index (χ3n) is 2.91. The molecule has 6 nitrogen and oxygen atoms in total. The molecule has 0 spiro atoms. The first kappa shape index (κ1) is 19.5. The number of amides is 1. The molecule has 130 valence electrons. The second-order valence-electron chi connectivity index (χ2n) is 4.94. The van der Waals surface area contributed by atoms with Gasteiger partial charge in [0.1, 0.15) is 6.61 Å². The quantitative estimate of drug-likeness (QED) is 0.603. The Labute approximate surface area is 142 Å². The summed E-state index contributed by atoms with van der Waals surface area (Å²) in [6.45, 7) is 5.90. The zero-order valence-electron chi connectivity index (χ0n) is 13.9. The van der Waals surface area contributed by atoms with Crippen LogP contribution in [-0.4, -0.2) is 52.0 Å². The summed E-state index contributed by atoms with van der Waals surface area (Å²) in [7, 11) is 1.60. The number of methoxy groups -OCH3 is 1. The van der Waals surface area contributed by atoms with Gasteiger partial charge in [0.15, 0.2) is 5.75 Å². The molecule has 0 heterocycles. The van der Waals surface area contributed by atoms with Crippen molar-refractivity contribution in [2.45, 2.75) is 19.9 Å². The number of carbonyl (C=O) groups is 1. The Morgan fingerprint density at radius 1 is 1.35 bits per heavy atom. The van der Waals surface area contributed by atoms with Crippen LogP contribution in [0.2, 0.25) is 5.02 Å². The van der Waals surface area contributed by atoms with Crippen molar-refractivity contribution >= 4 is 23.2 Å². The first-order chi connectivity index (χ1) is 11.1. The van der Waals surface area contributed by atoms with Gasteiger partial charge < -0.3 is 24.8 Å². The van der Waals surface area contributed by atoms with Crippen LogP contribution in [0.25, 0.3) is 0 Å². The zero-order chi connectivity index (χ0) is 17.1. The second-order valence-corrected chi connectivity index (χ2v) is 5.35. The van der Waals surface area contributed by atoms with Crippen molar-refractivity contribution in [1.29, 1.82) is 0 Å². The van der Waals surface area contributed by atoms with Gasteiger partial charge >= 0.3 is 0 Å². The highest BCUT2D eigenvalue weighted by molar-refractivity contribution is 6.32. The maximum Gasteiger partial charge on any atom is 0.239 e. The Morgan fingerprint density at radius 2 is 2.13 bits per heavy atom. The standard InChI is InChI=1S/C16H25ClN2O4/c1-4-22-8-9-23-16-13(17)6-5-7-14(16)18-10-15(20)19-12(2)11-21-3/h5-7,12,18H,4,8-11H2,1-3H3,(H,19,20)/t12-/m0/s1. The van der Waals surface area contributed by atoms with Crippen molar-refractivity contribution in [1.82, 2.24) is 5.32 Å². The van der Waals surface area contributed by atoms with Crippen LogP contribution >= 0.6 is 11.6 Å². The van der Waals surface area contributed by atoms with Crippen LogP contribution in [0.3, 0.4) is 0 Å². The lowest BCUT2D eigenvalue weighted by Gasteiger charge is -2.16. The van der Waals surface area contributed by atoms with E-state index in [2.05, 4.69) is 10.6 Å². The van der Waals surface area contributed by atoms with Crippen molar-refractivity contribution < 1.29 is 19.0 Å². The fourth-order valence-electron chi connectivity index (χ4n) is 1.93. The van der Waals surface area contributed by atoms with Gasteiger partial charge in [-0.25, -0.2) is 0 Å². The number of rotatable bonds is 11. The summed E-state index contributed by atoms with van der Waals surface area (Å²) in [5.41, 5.74) is 0.670. The van der Waals surface area contributed by atoms with Gasteiger partial charge in [-0.1, -0.05) is 17.7 Å². The van der Waals surface area contributed by atoms with Gasteiger partial charge in [0.05, 0.1) is 30.5 Å². The molecule has 0 unspecified atom stereocenters. The fourth-order valence-corrected chi connectivity index (χ4v) is 2.16. The van der Waals surface area contributed by atoms with E-state index in [4.69, 9.17) is 25.8 Å². The molecule has 0 aliphatic rings. The third-order valence-corrected chi connectivity index (χ3v) is 3.21. The molecule has 0 aliphatic heterocycles. The Morgan fingerprint density at radius 3 is 2.83 bits per heavy atom. The molecule has 1 atom stereocenters. The molecule has 1 amide bonds. The monoisotopic (exact) mass is 344 g/mol. The summed E-state index contributed by atoms with van der Waals surface area (Å²) in [5, 5.41) is 6.35. The molecule has 23 heavy (non-hydrogen) atoms. The maximum absolute atomic E-state index is 11.9. The van der Waals surface area contributed by atoms with Gasteiger partial charge in [0.25, 0.3) is 0 Å². The molecule has 0 aromatic heterocycles. The number of hydrogen-bond donors (Lipinski definition) is 2. The van der Waals surface area contributed by atoms with E-state index in [9.17, 15) is 4.79 Å². The highest BCUT2D eigenvalue weighted by atomic mass is 35.5. The largest absolute Gasteiger partial charge is 0.487 e. The molecule has 0 radical (unpaired) electrons. The molecule has 1 aromatic rings. The predicted octanol–water partition coefficient (Wildman–Crippen LogP) is 2.32. The molecule has 0 bridgehead atoms. The topological polar surface area (TPSA) is 68.8 Å². The molecule has 7 heteroatoms. The molecule has 0 saturated heterocycles. The number of hydrogen-bond acceptors (Lipinski definition) is 5. The van der Waals surface area contributed by atoms with E-state index in [1.807, 2.05) is 19.9 Å². The number of ether oxygens (including phenoxy) is 3. The molecule has 0 fully saturated rings. The molecular formula is C16H25ClN2O4. The van der Waals surface area contributed by atoms with E-state index in [1.165, 1.54) is 0 Å². The van der Waals surface area contributed by atoms with Crippen LogP contribution in [0, 0.1) is 0 Å². The first-order valence-corrected chi connectivity index (χ1v) is 7.97. The Hall–Kier alpha value is -1.50. The number of carbonyl (C=O) groups excluding carboxylic acids is 1. The van der Waals surface area contributed by atoms with Crippen LogP contribution in [0.15, 0.2) is 18.2 Å². The fraction of sp³-hybridized carbons (Fsp3) is 0.562. The van der Waals surface area contributed by atoms with Crippen molar-refractivity contribution in [3.8, 4) is 5.75 Å². The third kappa shape index (κ3) is 7.54. The molecule has 1 aromatic carbocycles. The summed E-state index contributed by atoms with van der Waals surface area (Å²) in [6.07, 6.45) is 0. The van der Waals surface area contributed by atoms with E-state index in [0.717, 1.165) is 0 Å². The average molecular weight is 345 g/mol. The second kappa shape index (κ2) is 11.1. The lowest BCUT2D eigenvalue weighted by atomic mass is 10.3. The summed E-state index contributed by atoms with van der Waals surface area (Å²) >= 11 is 6.16. The number of halogens is 1. The minimum atomic E-state index is -0.130. The van der Waals surface area contributed by atoms with Crippen molar-refractivity contribution in [3.05, 3.63) is 23.2 Å². The number of benzene rings is 1. The van der Waals surface area contributed by atoms with Crippen LogP contribution < -0.4 is 15.4 Å². The van der Waals surface area contributed by atoms with Crippen LogP contribution in [0.1, 0.15) is 13.8 Å². The Bertz CT molecular complexity index is 485. The zero-order valence-corrected chi connectivity index (χ0v) is 14.6. The summed E-state index contributed by atoms with van der Waals surface area (Å²) < 4.78 is 15.9. The lowest BCUT2D eigenvalue weighted by Crippen LogP contribution is -2.39. The minimum absolute atomic E-state index is 0.0458. The van der Waals surface area contributed by atoms with Gasteiger partial charge in [-0.3, -0.25) is 4.79 Å². The first-order valence-electron chi connectivity index (χ1n) is 7.59. The van der Waals surface area contributed by atoms with Crippen LogP contribution in [-0.2, 0) is 14.3 Å². The molecule has 0 aliphatic carbocycles. The normalized spacial score (nSPS) is 11.8. The Balaban J connectivity index is 2.55. The van der Waals surface area contributed by atoms with Crippen molar-refractivity contribution in [3.63, 3.8) is 0 Å². The molecule has 2 N–H and O–H groups in total.